The van der Waals surface area contributed by atoms with E-state index in [4.69, 9.17) is 14.2 Å². The van der Waals surface area contributed by atoms with E-state index in [9.17, 15) is 9.59 Å². The van der Waals surface area contributed by atoms with E-state index in [1.165, 1.54) is 14.2 Å². The molecule has 3 aromatic carbocycles. The minimum atomic E-state index is -0.337. The van der Waals surface area contributed by atoms with E-state index in [1.54, 1.807) is 36.4 Å². The summed E-state index contributed by atoms with van der Waals surface area (Å²) in [6, 6.07) is 20.0. The quantitative estimate of drug-likeness (QED) is 0.508. The SMILES string of the molecule is COc1cc(C(=O)Nc2ccc(C(=O)NC3CC3)cc2)cc(OC)c1OCc1ccccc1. The lowest BCUT2D eigenvalue weighted by atomic mass is 10.1. The Kier molecular flexibility index (Phi) is 6.78. The van der Waals surface area contributed by atoms with E-state index in [0.717, 1.165) is 18.4 Å². The smallest absolute Gasteiger partial charge is 0.255 e. The van der Waals surface area contributed by atoms with Gasteiger partial charge in [-0.3, -0.25) is 9.59 Å². The molecule has 1 aliphatic rings. The molecule has 0 saturated heterocycles. The predicted octanol–water partition coefficient (Wildman–Crippen LogP) is 4.43. The van der Waals surface area contributed by atoms with Gasteiger partial charge in [0.25, 0.3) is 11.8 Å². The zero-order valence-corrected chi connectivity index (χ0v) is 18.6. The third-order valence-corrected chi connectivity index (χ3v) is 5.27. The lowest BCUT2D eigenvalue weighted by Crippen LogP contribution is -2.25. The molecule has 0 atom stereocenters. The molecule has 7 heteroatoms. The maximum absolute atomic E-state index is 12.9. The molecule has 0 radical (unpaired) electrons. The van der Waals surface area contributed by atoms with Gasteiger partial charge in [0.2, 0.25) is 5.75 Å². The molecule has 0 spiro atoms. The van der Waals surface area contributed by atoms with Crippen molar-refractivity contribution in [2.45, 2.75) is 25.5 Å². The molecule has 33 heavy (non-hydrogen) atoms. The van der Waals surface area contributed by atoms with E-state index in [2.05, 4.69) is 10.6 Å². The van der Waals surface area contributed by atoms with Crippen molar-refractivity contribution in [3.8, 4) is 17.2 Å². The van der Waals surface area contributed by atoms with Crippen molar-refractivity contribution < 1.29 is 23.8 Å². The van der Waals surface area contributed by atoms with E-state index >= 15 is 0 Å². The molecule has 0 bridgehead atoms. The number of nitrogens with one attached hydrogen (secondary N) is 2. The second-order valence-electron chi connectivity index (χ2n) is 7.76. The van der Waals surface area contributed by atoms with Crippen LogP contribution >= 0.6 is 0 Å². The number of hydrogen-bond acceptors (Lipinski definition) is 5. The van der Waals surface area contributed by atoms with Crippen LogP contribution in [0.25, 0.3) is 0 Å². The number of hydrogen-bond donors (Lipinski definition) is 2. The minimum Gasteiger partial charge on any atom is -0.493 e. The molecule has 3 aromatic rings. The number of carbonyl (C=O) groups is 2. The molecule has 1 saturated carbocycles. The average Bonchev–Trinajstić information content (AvgIpc) is 3.67. The molecule has 2 amide bonds. The van der Waals surface area contributed by atoms with Crippen LogP contribution in [0.5, 0.6) is 17.2 Å². The van der Waals surface area contributed by atoms with Crippen LogP contribution in [-0.2, 0) is 6.61 Å². The van der Waals surface area contributed by atoms with Gasteiger partial charge in [-0.1, -0.05) is 30.3 Å². The number of amides is 2. The van der Waals surface area contributed by atoms with Gasteiger partial charge in [0.1, 0.15) is 6.61 Å². The fourth-order valence-electron chi connectivity index (χ4n) is 3.29. The highest BCUT2D eigenvalue weighted by atomic mass is 16.5. The van der Waals surface area contributed by atoms with Gasteiger partial charge in [0.05, 0.1) is 14.2 Å². The monoisotopic (exact) mass is 446 g/mol. The largest absolute Gasteiger partial charge is 0.493 e. The minimum absolute atomic E-state index is 0.101. The molecule has 0 unspecified atom stereocenters. The van der Waals surface area contributed by atoms with Crippen LogP contribution in [0.1, 0.15) is 39.1 Å². The first-order valence-electron chi connectivity index (χ1n) is 10.7. The highest BCUT2D eigenvalue weighted by Crippen LogP contribution is 2.39. The normalized spacial score (nSPS) is 12.5. The zero-order chi connectivity index (χ0) is 23.2. The maximum atomic E-state index is 12.9. The van der Waals surface area contributed by atoms with Crippen molar-refractivity contribution in [2.24, 2.45) is 0 Å². The van der Waals surface area contributed by atoms with Gasteiger partial charge in [-0.25, -0.2) is 0 Å². The highest BCUT2D eigenvalue weighted by Gasteiger charge is 2.24. The molecule has 1 fully saturated rings. The Morgan fingerprint density at radius 2 is 1.48 bits per heavy atom. The van der Waals surface area contributed by atoms with Crippen LogP contribution < -0.4 is 24.8 Å². The standard InChI is InChI=1S/C26H26N2O5/c1-31-22-14-19(15-23(32-2)24(22)33-16-17-6-4-3-5-7-17)26(30)28-20-10-8-18(9-11-20)25(29)27-21-12-13-21/h3-11,14-15,21H,12-13,16H2,1-2H3,(H,27,29)(H,28,30). The topological polar surface area (TPSA) is 85.9 Å². The first kappa shape index (κ1) is 22.2. The highest BCUT2D eigenvalue weighted by molar-refractivity contribution is 6.05. The van der Waals surface area contributed by atoms with Gasteiger partial charge in [0.15, 0.2) is 11.5 Å². The Bertz CT molecular complexity index is 1100. The van der Waals surface area contributed by atoms with Crippen molar-refractivity contribution >= 4 is 17.5 Å². The fourth-order valence-corrected chi connectivity index (χ4v) is 3.29. The lowest BCUT2D eigenvalue weighted by Gasteiger charge is -2.16. The Morgan fingerprint density at radius 3 is 2.06 bits per heavy atom. The predicted molar refractivity (Wildman–Crippen MR) is 125 cm³/mol. The average molecular weight is 447 g/mol. The first-order chi connectivity index (χ1) is 16.1. The third kappa shape index (κ3) is 5.63. The summed E-state index contributed by atoms with van der Waals surface area (Å²) < 4.78 is 16.9. The molecule has 4 rings (SSSR count). The second-order valence-corrected chi connectivity index (χ2v) is 7.76. The van der Waals surface area contributed by atoms with E-state index in [-0.39, 0.29) is 11.8 Å². The summed E-state index contributed by atoms with van der Waals surface area (Å²) in [7, 11) is 3.02. The molecule has 7 nitrogen and oxygen atoms in total. The van der Waals surface area contributed by atoms with Gasteiger partial charge in [-0.2, -0.15) is 0 Å². The van der Waals surface area contributed by atoms with Gasteiger partial charge in [-0.05, 0) is 54.8 Å². The molecule has 0 heterocycles. The Morgan fingerprint density at radius 1 is 0.848 bits per heavy atom. The van der Waals surface area contributed by atoms with Gasteiger partial charge in [-0.15, -0.1) is 0 Å². The van der Waals surface area contributed by atoms with Crippen molar-refractivity contribution in [3.05, 3.63) is 83.4 Å². The van der Waals surface area contributed by atoms with Crippen molar-refractivity contribution in [1.29, 1.82) is 0 Å². The molecule has 0 aliphatic heterocycles. The van der Waals surface area contributed by atoms with Crippen LogP contribution in [-0.4, -0.2) is 32.1 Å². The van der Waals surface area contributed by atoms with Crippen molar-refractivity contribution in [1.82, 2.24) is 5.32 Å². The summed E-state index contributed by atoms with van der Waals surface area (Å²) in [5.41, 5.74) is 2.48. The third-order valence-electron chi connectivity index (χ3n) is 5.27. The van der Waals surface area contributed by atoms with E-state index < -0.39 is 0 Å². The fraction of sp³-hybridized carbons (Fsp3) is 0.231. The first-order valence-corrected chi connectivity index (χ1v) is 10.7. The summed E-state index contributed by atoms with van der Waals surface area (Å²) in [5.74, 6) is 0.767. The molecule has 1 aliphatic carbocycles. The Balaban J connectivity index is 1.47. The number of benzene rings is 3. The number of anilines is 1. The van der Waals surface area contributed by atoms with Crippen LogP contribution in [0, 0.1) is 0 Å². The Labute approximate surface area is 192 Å². The molecular weight excluding hydrogens is 420 g/mol. The summed E-state index contributed by atoms with van der Waals surface area (Å²) >= 11 is 0. The van der Waals surface area contributed by atoms with Crippen molar-refractivity contribution in [3.63, 3.8) is 0 Å². The number of carbonyl (C=O) groups excluding carboxylic acids is 2. The van der Waals surface area contributed by atoms with E-state index in [1.807, 2.05) is 30.3 Å². The molecule has 2 N–H and O–H groups in total. The number of methoxy groups -OCH3 is 2. The number of rotatable bonds is 9. The lowest BCUT2D eigenvalue weighted by molar-refractivity contribution is 0.0950. The summed E-state index contributed by atoms with van der Waals surface area (Å²) in [5, 5.41) is 5.78. The van der Waals surface area contributed by atoms with Crippen LogP contribution in [0.4, 0.5) is 5.69 Å². The van der Waals surface area contributed by atoms with Gasteiger partial charge in [0, 0.05) is 22.9 Å². The number of ether oxygens (including phenoxy) is 3. The van der Waals surface area contributed by atoms with Gasteiger partial charge < -0.3 is 24.8 Å². The molecule has 0 aromatic heterocycles. The zero-order valence-electron chi connectivity index (χ0n) is 18.6. The van der Waals surface area contributed by atoms with E-state index in [0.29, 0.717) is 46.7 Å². The Hall–Kier alpha value is -4.00. The molecular formula is C26H26N2O5. The van der Waals surface area contributed by atoms with Crippen LogP contribution in [0.2, 0.25) is 0 Å². The molecule has 170 valence electrons. The second kappa shape index (κ2) is 10.1. The van der Waals surface area contributed by atoms with Gasteiger partial charge >= 0.3 is 0 Å². The maximum Gasteiger partial charge on any atom is 0.255 e. The van der Waals surface area contributed by atoms with Crippen molar-refractivity contribution in [2.75, 3.05) is 19.5 Å². The summed E-state index contributed by atoms with van der Waals surface area (Å²) in [6.07, 6.45) is 2.06. The van der Waals surface area contributed by atoms with Crippen LogP contribution in [0.15, 0.2) is 66.7 Å². The summed E-state index contributed by atoms with van der Waals surface area (Å²) in [4.78, 5) is 25.0. The summed E-state index contributed by atoms with van der Waals surface area (Å²) in [6.45, 7) is 0.333. The van der Waals surface area contributed by atoms with Crippen LogP contribution in [0.3, 0.4) is 0 Å².